The number of pyridine rings is 1. The Kier molecular flexibility index (Phi) is 4.91. The molecule has 0 N–H and O–H groups in total. The maximum atomic E-state index is 11.3. The third-order valence-electron chi connectivity index (χ3n) is 4.67. The average molecular weight is 337 g/mol. The third kappa shape index (κ3) is 3.59. The van der Waals surface area contributed by atoms with E-state index in [0.717, 1.165) is 18.7 Å². The quantitative estimate of drug-likeness (QED) is 0.630. The van der Waals surface area contributed by atoms with Crippen molar-refractivity contribution in [3.63, 3.8) is 0 Å². The molecule has 1 fully saturated rings. The molecular formula is C18H19N5O2. The molecular weight excluding hydrogens is 318 g/mol. The summed E-state index contributed by atoms with van der Waals surface area (Å²) >= 11 is 0. The van der Waals surface area contributed by atoms with Crippen LogP contribution >= 0.6 is 0 Å². The molecule has 0 saturated carbocycles. The Bertz CT molecular complexity index is 795. The van der Waals surface area contributed by atoms with Crippen LogP contribution in [0.25, 0.3) is 0 Å². The maximum absolute atomic E-state index is 11.3. The highest BCUT2D eigenvalue weighted by Crippen LogP contribution is 2.31. The van der Waals surface area contributed by atoms with Crippen LogP contribution in [0.1, 0.15) is 24.1 Å². The molecule has 2 aromatic rings. The maximum Gasteiger partial charge on any atom is 0.292 e. The van der Waals surface area contributed by atoms with Crippen LogP contribution in [0.15, 0.2) is 42.7 Å². The monoisotopic (exact) mass is 337 g/mol. The van der Waals surface area contributed by atoms with E-state index in [1.807, 2.05) is 17.2 Å². The van der Waals surface area contributed by atoms with E-state index in [4.69, 9.17) is 5.26 Å². The number of hydrogen-bond donors (Lipinski definition) is 0. The topological polar surface area (TPSA) is 86.3 Å². The van der Waals surface area contributed by atoms with Crippen LogP contribution in [0.4, 0.5) is 11.4 Å². The normalized spacial score (nSPS) is 16.2. The molecule has 2 heterocycles. The summed E-state index contributed by atoms with van der Waals surface area (Å²) in [6.07, 6.45) is 3.63. The lowest BCUT2D eigenvalue weighted by Gasteiger charge is -2.39. The molecule has 0 amide bonds. The third-order valence-corrected chi connectivity index (χ3v) is 4.67. The fourth-order valence-electron chi connectivity index (χ4n) is 3.18. The highest BCUT2D eigenvalue weighted by atomic mass is 16.6. The first-order valence-electron chi connectivity index (χ1n) is 8.17. The standard InChI is InChI=1S/C18H19N5O2/c1-14(16-3-2-6-20-13-16)21-7-9-22(10-8-21)18-11-15(12-19)4-5-17(18)23(24)25/h2-6,11,13-14H,7-10H2,1H3/t14-/m1/s1. The Morgan fingerprint density at radius 2 is 2.04 bits per heavy atom. The van der Waals surface area contributed by atoms with E-state index in [-0.39, 0.29) is 16.7 Å². The van der Waals surface area contributed by atoms with Crippen LogP contribution in [0, 0.1) is 21.4 Å². The second-order valence-corrected chi connectivity index (χ2v) is 6.06. The van der Waals surface area contributed by atoms with Crippen molar-refractivity contribution in [3.8, 4) is 6.07 Å². The molecule has 7 nitrogen and oxygen atoms in total. The number of benzene rings is 1. The number of hydrogen-bond acceptors (Lipinski definition) is 6. The van der Waals surface area contributed by atoms with Crippen LogP contribution in [-0.4, -0.2) is 41.0 Å². The molecule has 25 heavy (non-hydrogen) atoms. The Hall–Kier alpha value is -2.98. The van der Waals surface area contributed by atoms with Crippen LogP contribution in [0.5, 0.6) is 0 Å². The Labute approximate surface area is 146 Å². The lowest BCUT2D eigenvalue weighted by Crippen LogP contribution is -2.47. The summed E-state index contributed by atoms with van der Waals surface area (Å²) in [5.41, 5.74) is 2.17. The zero-order valence-corrected chi connectivity index (χ0v) is 14.0. The van der Waals surface area contributed by atoms with Crippen LogP contribution < -0.4 is 4.90 Å². The van der Waals surface area contributed by atoms with Gasteiger partial charge in [-0.25, -0.2) is 0 Å². The molecule has 1 aromatic heterocycles. The van der Waals surface area contributed by atoms with Gasteiger partial charge in [0.25, 0.3) is 5.69 Å². The molecule has 1 atom stereocenters. The number of nitrogens with zero attached hydrogens (tertiary/aromatic N) is 5. The lowest BCUT2D eigenvalue weighted by atomic mass is 10.1. The number of nitro groups is 1. The molecule has 0 spiro atoms. The average Bonchev–Trinajstić information content (AvgIpc) is 2.67. The first-order chi connectivity index (χ1) is 12.1. The molecule has 1 aliphatic heterocycles. The van der Waals surface area contributed by atoms with Crippen molar-refractivity contribution in [2.75, 3.05) is 31.1 Å². The minimum atomic E-state index is -0.388. The SMILES string of the molecule is C[C@H](c1cccnc1)N1CCN(c2cc(C#N)ccc2[N+](=O)[O-])CC1. The molecule has 3 rings (SSSR count). The number of piperazine rings is 1. The molecule has 1 aromatic carbocycles. The van der Waals surface area contributed by atoms with Gasteiger partial charge in [0.05, 0.1) is 16.6 Å². The van der Waals surface area contributed by atoms with Crippen molar-refractivity contribution in [1.29, 1.82) is 5.26 Å². The van der Waals surface area contributed by atoms with E-state index in [1.165, 1.54) is 12.1 Å². The zero-order valence-electron chi connectivity index (χ0n) is 14.0. The summed E-state index contributed by atoms with van der Waals surface area (Å²) in [5, 5.41) is 20.4. The van der Waals surface area contributed by atoms with Gasteiger partial charge in [-0.05, 0) is 30.7 Å². The van der Waals surface area contributed by atoms with Gasteiger partial charge in [0.15, 0.2) is 0 Å². The molecule has 0 aliphatic carbocycles. The van der Waals surface area contributed by atoms with Gasteiger partial charge in [0, 0.05) is 50.7 Å². The van der Waals surface area contributed by atoms with Crippen molar-refractivity contribution in [2.45, 2.75) is 13.0 Å². The smallest absolute Gasteiger partial charge is 0.292 e. The fraction of sp³-hybridized carbons (Fsp3) is 0.333. The van der Waals surface area contributed by atoms with Gasteiger partial charge < -0.3 is 4.90 Å². The molecule has 0 unspecified atom stereocenters. The first kappa shape index (κ1) is 16.9. The van der Waals surface area contributed by atoms with Crippen LogP contribution in [-0.2, 0) is 0 Å². The predicted molar refractivity (Wildman–Crippen MR) is 94.2 cm³/mol. The Balaban J connectivity index is 1.74. The number of nitriles is 1. The van der Waals surface area contributed by atoms with Gasteiger partial charge in [-0.1, -0.05) is 6.07 Å². The van der Waals surface area contributed by atoms with E-state index in [9.17, 15) is 10.1 Å². The van der Waals surface area contributed by atoms with Crippen molar-refractivity contribution in [2.24, 2.45) is 0 Å². The largest absolute Gasteiger partial charge is 0.363 e. The number of rotatable bonds is 4. The Morgan fingerprint density at radius 3 is 2.64 bits per heavy atom. The summed E-state index contributed by atoms with van der Waals surface area (Å²) in [7, 11) is 0. The second-order valence-electron chi connectivity index (χ2n) is 6.06. The molecule has 1 saturated heterocycles. The fourth-order valence-corrected chi connectivity index (χ4v) is 3.18. The predicted octanol–water partition coefficient (Wildman–Crippen LogP) is 2.74. The molecule has 128 valence electrons. The summed E-state index contributed by atoms with van der Waals surface area (Å²) in [5.74, 6) is 0. The van der Waals surface area contributed by atoms with Gasteiger partial charge in [0.1, 0.15) is 5.69 Å². The van der Waals surface area contributed by atoms with Crippen molar-refractivity contribution in [3.05, 3.63) is 64.0 Å². The second kappa shape index (κ2) is 7.28. The van der Waals surface area contributed by atoms with Gasteiger partial charge in [-0.3, -0.25) is 20.0 Å². The van der Waals surface area contributed by atoms with Gasteiger partial charge in [-0.2, -0.15) is 5.26 Å². The highest BCUT2D eigenvalue weighted by molar-refractivity contribution is 5.66. The first-order valence-corrected chi connectivity index (χ1v) is 8.17. The summed E-state index contributed by atoms with van der Waals surface area (Å²) < 4.78 is 0. The number of aromatic nitrogens is 1. The highest BCUT2D eigenvalue weighted by Gasteiger charge is 2.26. The van der Waals surface area contributed by atoms with E-state index in [2.05, 4.69) is 28.9 Å². The Morgan fingerprint density at radius 1 is 1.28 bits per heavy atom. The summed E-state index contributed by atoms with van der Waals surface area (Å²) in [4.78, 5) is 19.4. The van der Waals surface area contributed by atoms with E-state index >= 15 is 0 Å². The van der Waals surface area contributed by atoms with Crippen molar-refractivity contribution in [1.82, 2.24) is 9.88 Å². The van der Waals surface area contributed by atoms with E-state index in [1.54, 1.807) is 12.3 Å². The summed E-state index contributed by atoms with van der Waals surface area (Å²) in [6, 6.07) is 10.8. The molecule has 0 bridgehead atoms. The number of nitro benzene ring substituents is 1. The van der Waals surface area contributed by atoms with Crippen LogP contribution in [0.3, 0.4) is 0 Å². The minimum Gasteiger partial charge on any atom is -0.363 e. The van der Waals surface area contributed by atoms with Gasteiger partial charge >= 0.3 is 0 Å². The van der Waals surface area contributed by atoms with Crippen molar-refractivity contribution >= 4 is 11.4 Å². The molecule has 0 radical (unpaired) electrons. The van der Waals surface area contributed by atoms with Crippen molar-refractivity contribution < 1.29 is 4.92 Å². The minimum absolute atomic E-state index is 0.0488. The number of anilines is 1. The van der Waals surface area contributed by atoms with Crippen LogP contribution in [0.2, 0.25) is 0 Å². The van der Waals surface area contributed by atoms with E-state index in [0.29, 0.717) is 24.3 Å². The van der Waals surface area contributed by atoms with E-state index < -0.39 is 0 Å². The zero-order chi connectivity index (χ0) is 17.8. The molecule has 1 aliphatic rings. The lowest BCUT2D eigenvalue weighted by molar-refractivity contribution is -0.384. The van der Waals surface area contributed by atoms with Gasteiger partial charge in [-0.15, -0.1) is 0 Å². The van der Waals surface area contributed by atoms with Gasteiger partial charge in [0.2, 0.25) is 0 Å². The molecule has 7 heteroatoms. The summed E-state index contributed by atoms with van der Waals surface area (Å²) in [6.45, 7) is 5.10.